The fraction of sp³-hybridized carbons (Fsp3) is 0.556. The van der Waals surface area contributed by atoms with Crippen LogP contribution in [0.5, 0.6) is 0 Å². The minimum Gasteiger partial charge on any atom is -0.365 e. The number of amides is 1. The Kier molecular flexibility index (Phi) is 5.24. The molecule has 0 N–H and O–H groups in total. The third-order valence-corrected chi connectivity index (χ3v) is 4.60. The molecular formula is C18H27N5O2. The highest BCUT2D eigenvalue weighted by atomic mass is 16.5. The van der Waals surface area contributed by atoms with Crippen LogP contribution in [0.4, 0.5) is 0 Å². The topological polar surface area (TPSA) is 55.5 Å². The summed E-state index contributed by atoms with van der Waals surface area (Å²) in [4.78, 5) is 15.8. The van der Waals surface area contributed by atoms with Gasteiger partial charge in [0.1, 0.15) is 6.61 Å². The Bertz CT molecular complexity index is 734. The van der Waals surface area contributed by atoms with Crippen molar-refractivity contribution in [1.82, 2.24) is 24.1 Å². The van der Waals surface area contributed by atoms with Crippen LogP contribution in [0, 0.1) is 6.92 Å². The van der Waals surface area contributed by atoms with Gasteiger partial charge in [0.05, 0.1) is 17.5 Å². The van der Waals surface area contributed by atoms with Gasteiger partial charge >= 0.3 is 0 Å². The van der Waals surface area contributed by atoms with Crippen molar-refractivity contribution in [2.75, 3.05) is 27.2 Å². The second kappa shape index (κ2) is 7.41. The summed E-state index contributed by atoms with van der Waals surface area (Å²) in [5, 5.41) is 4.44. The number of hydrogen-bond donors (Lipinski definition) is 0. The summed E-state index contributed by atoms with van der Waals surface area (Å²) in [6, 6.07) is 6.33. The SMILES string of the molecule is Cc1cc(CN2Cc3cccn3CC(OCC(=O)N(C)C)C2)n(C)n1. The van der Waals surface area contributed by atoms with Crippen molar-refractivity contribution in [2.24, 2.45) is 7.05 Å². The molecule has 1 amide bonds. The molecule has 3 heterocycles. The van der Waals surface area contributed by atoms with Crippen molar-refractivity contribution in [3.63, 3.8) is 0 Å². The van der Waals surface area contributed by atoms with E-state index in [9.17, 15) is 4.79 Å². The predicted octanol–water partition coefficient (Wildman–Crippen LogP) is 1.02. The van der Waals surface area contributed by atoms with E-state index in [1.54, 1.807) is 19.0 Å². The number of hydrogen-bond acceptors (Lipinski definition) is 4. The lowest BCUT2D eigenvalue weighted by atomic mass is 10.3. The molecule has 0 saturated heterocycles. The lowest BCUT2D eigenvalue weighted by Crippen LogP contribution is -2.36. The minimum atomic E-state index is -0.0214. The average molecular weight is 345 g/mol. The van der Waals surface area contributed by atoms with Gasteiger partial charge in [-0.25, -0.2) is 0 Å². The average Bonchev–Trinajstić information content (AvgIpc) is 3.06. The smallest absolute Gasteiger partial charge is 0.248 e. The quantitative estimate of drug-likeness (QED) is 0.812. The van der Waals surface area contributed by atoms with Crippen molar-refractivity contribution in [3.05, 3.63) is 41.5 Å². The molecule has 2 aromatic heterocycles. The maximum atomic E-state index is 11.9. The van der Waals surface area contributed by atoms with E-state index in [0.717, 1.165) is 31.9 Å². The molecule has 1 unspecified atom stereocenters. The molecule has 136 valence electrons. The molecule has 3 rings (SSSR count). The van der Waals surface area contributed by atoms with E-state index in [-0.39, 0.29) is 18.6 Å². The zero-order valence-electron chi connectivity index (χ0n) is 15.5. The summed E-state index contributed by atoms with van der Waals surface area (Å²) in [6.07, 6.45) is 2.06. The van der Waals surface area contributed by atoms with Gasteiger partial charge in [-0.05, 0) is 25.1 Å². The van der Waals surface area contributed by atoms with Crippen LogP contribution < -0.4 is 0 Å². The number of carbonyl (C=O) groups excluding carboxylic acids is 1. The first-order valence-electron chi connectivity index (χ1n) is 8.60. The van der Waals surface area contributed by atoms with Gasteiger partial charge < -0.3 is 14.2 Å². The van der Waals surface area contributed by atoms with Gasteiger partial charge in [-0.15, -0.1) is 0 Å². The van der Waals surface area contributed by atoms with Crippen LogP contribution in [-0.4, -0.2) is 63.4 Å². The molecule has 7 heteroatoms. The van der Waals surface area contributed by atoms with Gasteiger partial charge in [0.25, 0.3) is 0 Å². The number of nitrogens with zero attached hydrogens (tertiary/aromatic N) is 5. The Morgan fingerprint density at radius 1 is 1.40 bits per heavy atom. The van der Waals surface area contributed by atoms with E-state index < -0.39 is 0 Å². The van der Waals surface area contributed by atoms with E-state index in [2.05, 4.69) is 39.0 Å². The van der Waals surface area contributed by atoms with E-state index in [4.69, 9.17) is 4.74 Å². The van der Waals surface area contributed by atoms with Crippen LogP contribution in [0.3, 0.4) is 0 Å². The summed E-state index contributed by atoms with van der Waals surface area (Å²) < 4.78 is 10.1. The number of ether oxygens (including phenoxy) is 1. The van der Waals surface area contributed by atoms with E-state index in [0.29, 0.717) is 0 Å². The summed E-state index contributed by atoms with van der Waals surface area (Å²) in [6.45, 7) is 5.35. The Hall–Kier alpha value is -2.12. The van der Waals surface area contributed by atoms with Crippen LogP contribution in [-0.2, 0) is 36.2 Å². The first-order valence-corrected chi connectivity index (χ1v) is 8.60. The summed E-state index contributed by atoms with van der Waals surface area (Å²) in [7, 11) is 5.48. The van der Waals surface area contributed by atoms with Crippen LogP contribution in [0.1, 0.15) is 17.1 Å². The van der Waals surface area contributed by atoms with Gasteiger partial charge in [-0.2, -0.15) is 5.10 Å². The number of carbonyl (C=O) groups is 1. The Morgan fingerprint density at radius 2 is 2.20 bits per heavy atom. The van der Waals surface area contributed by atoms with Gasteiger partial charge in [0.2, 0.25) is 5.91 Å². The lowest BCUT2D eigenvalue weighted by molar-refractivity contribution is -0.136. The van der Waals surface area contributed by atoms with E-state index >= 15 is 0 Å². The molecule has 0 aliphatic carbocycles. The largest absolute Gasteiger partial charge is 0.365 e. The van der Waals surface area contributed by atoms with E-state index in [1.165, 1.54) is 11.4 Å². The molecule has 25 heavy (non-hydrogen) atoms. The van der Waals surface area contributed by atoms with Crippen LogP contribution in [0.15, 0.2) is 24.4 Å². The Labute approximate surface area is 148 Å². The van der Waals surface area contributed by atoms with Crippen molar-refractivity contribution in [1.29, 1.82) is 0 Å². The maximum absolute atomic E-state index is 11.9. The highest BCUT2D eigenvalue weighted by Gasteiger charge is 2.23. The molecule has 1 atom stereocenters. The third kappa shape index (κ3) is 4.29. The second-order valence-corrected chi connectivity index (χ2v) is 6.94. The molecule has 0 radical (unpaired) electrons. The van der Waals surface area contributed by atoms with Crippen molar-refractivity contribution in [3.8, 4) is 0 Å². The zero-order chi connectivity index (χ0) is 18.0. The fourth-order valence-electron chi connectivity index (χ4n) is 3.22. The number of aryl methyl sites for hydroxylation is 2. The van der Waals surface area contributed by atoms with Crippen molar-refractivity contribution in [2.45, 2.75) is 32.7 Å². The first-order chi connectivity index (χ1) is 11.9. The molecular weight excluding hydrogens is 318 g/mol. The summed E-state index contributed by atoms with van der Waals surface area (Å²) >= 11 is 0. The van der Waals surface area contributed by atoms with Gasteiger partial charge in [-0.1, -0.05) is 0 Å². The Balaban J connectivity index is 1.72. The molecule has 1 aliphatic rings. The number of aromatic nitrogens is 3. The molecule has 0 aromatic carbocycles. The minimum absolute atomic E-state index is 0.00853. The molecule has 0 saturated carbocycles. The monoisotopic (exact) mass is 345 g/mol. The van der Waals surface area contributed by atoms with Crippen molar-refractivity contribution >= 4 is 5.91 Å². The summed E-state index contributed by atoms with van der Waals surface area (Å²) in [5.74, 6) is -0.00853. The number of likely N-dealkylation sites (N-methyl/N-ethyl adjacent to an activating group) is 1. The Morgan fingerprint density at radius 3 is 2.88 bits per heavy atom. The predicted molar refractivity (Wildman–Crippen MR) is 94.9 cm³/mol. The third-order valence-electron chi connectivity index (χ3n) is 4.60. The molecule has 0 spiro atoms. The summed E-state index contributed by atoms with van der Waals surface area (Å²) in [5.41, 5.74) is 3.48. The van der Waals surface area contributed by atoms with Gasteiger partial charge in [0, 0.05) is 59.2 Å². The second-order valence-electron chi connectivity index (χ2n) is 6.94. The van der Waals surface area contributed by atoms with Gasteiger partial charge in [0.15, 0.2) is 0 Å². The van der Waals surface area contributed by atoms with Crippen LogP contribution >= 0.6 is 0 Å². The fourth-order valence-corrected chi connectivity index (χ4v) is 3.22. The molecule has 0 fully saturated rings. The normalized spacial score (nSPS) is 18.0. The number of fused-ring (bicyclic) bond motifs is 1. The zero-order valence-corrected chi connectivity index (χ0v) is 15.5. The lowest BCUT2D eigenvalue weighted by Gasteiger charge is -2.24. The van der Waals surface area contributed by atoms with Crippen LogP contribution in [0.25, 0.3) is 0 Å². The maximum Gasteiger partial charge on any atom is 0.248 e. The molecule has 2 aromatic rings. The van der Waals surface area contributed by atoms with E-state index in [1.807, 2.05) is 18.7 Å². The van der Waals surface area contributed by atoms with Crippen LogP contribution in [0.2, 0.25) is 0 Å². The highest BCUT2D eigenvalue weighted by molar-refractivity contribution is 5.76. The highest BCUT2D eigenvalue weighted by Crippen LogP contribution is 2.18. The standard InChI is InChI=1S/C18H27N5O2/c1-14-8-16(21(4)19-14)10-22-9-15-6-5-7-23(15)12-17(11-22)25-13-18(24)20(2)3/h5-8,17H,9-13H2,1-4H3. The number of rotatable bonds is 5. The van der Waals surface area contributed by atoms with Crippen molar-refractivity contribution < 1.29 is 9.53 Å². The first kappa shape index (κ1) is 17.7. The molecule has 0 bridgehead atoms. The molecule has 1 aliphatic heterocycles. The molecule has 7 nitrogen and oxygen atoms in total. The van der Waals surface area contributed by atoms with Gasteiger partial charge in [-0.3, -0.25) is 14.4 Å².